The molecule has 0 radical (unpaired) electrons. The van der Waals surface area contributed by atoms with Crippen molar-refractivity contribution in [1.29, 1.82) is 0 Å². The summed E-state index contributed by atoms with van der Waals surface area (Å²) in [4.78, 5) is 34.9. The van der Waals surface area contributed by atoms with Gasteiger partial charge in [-0.3, -0.25) is 9.59 Å². The van der Waals surface area contributed by atoms with Crippen molar-refractivity contribution in [1.82, 2.24) is 9.97 Å². The first-order valence-electron chi connectivity index (χ1n) is 11.6. The maximum Gasteiger partial charge on any atom is 0.261 e. The van der Waals surface area contributed by atoms with E-state index in [2.05, 4.69) is 15.3 Å². The molecule has 202 valence electrons. The Morgan fingerprint density at radius 1 is 1.00 bits per heavy atom. The Bertz CT molecular complexity index is 1600. The third-order valence-electron chi connectivity index (χ3n) is 6.82. The number of carbonyl (C=O) groups excluding carboxylic acids is 2. The SMILES string of the molecule is Cc1c(F)c(F)c(C(=O)Nc2cccc(C(C)(CN)N(C)c3ncnc4c(C(N)=O)cccc34)c2)c(F)c1F. The number of amides is 2. The number of aromatic nitrogens is 2. The van der Waals surface area contributed by atoms with Crippen LogP contribution in [-0.4, -0.2) is 35.4 Å². The number of para-hydroxylation sites is 1. The van der Waals surface area contributed by atoms with Crippen LogP contribution in [-0.2, 0) is 5.54 Å². The summed E-state index contributed by atoms with van der Waals surface area (Å²) in [5.41, 5.74) is 9.70. The van der Waals surface area contributed by atoms with Gasteiger partial charge in [0.1, 0.15) is 17.7 Å². The molecule has 0 spiro atoms. The third kappa shape index (κ3) is 4.63. The molecule has 0 bridgehead atoms. The first kappa shape index (κ1) is 27.5. The Hall–Kier alpha value is -4.58. The molecule has 1 heterocycles. The van der Waals surface area contributed by atoms with Gasteiger partial charge in [0.25, 0.3) is 11.8 Å². The number of anilines is 2. The molecule has 1 unspecified atom stereocenters. The molecule has 4 aromatic rings. The second-order valence-electron chi connectivity index (χ2n) is 9.09. The van der Waals surface area contributed by atoms with E-state index in [4.69, 9.17) is 11.5 Å². The fourth-order valence-corrected chi connectivity index (χ4v) is 4.29. The Balaban J connectivity index is 1.73. The fraction of sp³-hybridized carbons (Fsp3) is 0.185. The molecule has 1 atom stereocenters. The van der Waals surface area contributed by atoms with Crippen LogP contribution >= 0.6 is 0 Å². The van der Waals surface area contributed by atoms with E-state index >= 15 is 0 Å². The van der Waals surface area contributed by atoms with E-state index in [1.54, 1.807) is 49.2 Å². The number of nitrogens with zero attached hydrogens (tertiary/aromatic N) is 3. The predicted molar refractivity (Wildman–Crippen MR) is 138 cm³/mol. The monoisotopic (exact) mass is 540 g/mol. The molecule has 0 saturated carbocycles. The summed E-state index contributed by atoms with van der Waals surface area (Å²) < 4.78 is 56.8. The van der Waals surface area contributed by atoms with Gasteiger partial charge in [0, 0.05) is 30.2 Å². The fourth-order valence-electron chi connectivity index (χ4n) is 4.29. The number of likely N-dealkylation sites (N-methyl/N-ethyl adjacent to an activating group) is 1. The first-order valence-corrected chi connectivity index (χ1v) is 11.6. The average Bonchev–Trinajstić information content (AvgIpc) is 2.93. The van der Waals surface area contributed by atoms with E-state index in [-0.39, 0.29) is 17.8 Å². The number of hydrogen-bond acceptors (Lipinski definition) is 6. The van der Waals surface area contributed by atoms with Crippen molar-refractivity contribution in [3.05, 3.63) is 94.3 Å². The van der Waals surface area contributed by atoms with E-state index in [0.29, 0.717) is 22.3 Å². The zero-order valence-corrected chi connectivity index (χ0v) is 21.2. The summed E-state index contributed by atoms with van der Waals surface area (Å²) in [6.07, 6.45) is 1.29. The van der Waals surface area contributed by atoms with Crippen LogP contribution in [0.5, 0.6) is 0 Å². The Labute approximate surface area is 220 Å². The van der Waals surface area contributed by atoms with Gasteiger partial charge in [-0.1, -0.05) is 18.2 Å². The number of rotatable bonds is 7. The summed E-state index contributed by atoms with van der Waals surface area (Å²) in [6.45, 7) is 2.70. The van der Waals surface area contributed by atoms with Crippen LogP contribution in [0.3, 0.4) is 0 Å². The molecular formula is C27H24F4N6O2. The summed E-state index contributed by atoms with van der Waals surface area (Å²) in [5, 5.41) is 2.83. The quantitative estimate of drug-likeness (QED) is 0.239. The lowest BCUT2D eigenvalue weighted by Gasteiger charge is -2.40. The van der Waals surface area contributed by atoms with Gasteiger partial charge in [-0.25, -0.2) is 27.5 Å². The number of primary amides is 1. The lowest BCUT2D eigenvalue weighted by molar-refractivity contribution is 0.0997. The topological polar surface area (TPSA) is 127 Å². The molecule has 0 aliphatic heterocycles. The second-order valence-corrected chi connectivity index (χ2v) is 9.09. The van der Waals surface area contributed by atoms with Crippen molar-refractivity contribution in [2.24, 2.45) is 11.5 Å². The number of nitrogens with one attached hydrogen (secondary N) is 1. The van der Waals surface area contributed by atoms with Gasteiger partial charge in [-0.05, 0) is 43.7 Å². The molecule has 4 rings (SSSR count). The van der Waals surface area contributed by atoms with E-state index in [1.165, 1.54) is 18.5 Å². The van der Waals surface area contributed by atoms with Gasteiger partial charge >= 0.3 is 0 Å². The van der Waals surface area contributed by atoms with Crippen LogP contribution in [0.4, 0.5) is 29.1 Å². The predicted octanol–water partition coefficient (Wildman–Crippen LogP) is 4.16. The third-order valence-corrected chi connectivity index (χ3v) is 6.82. The highest BCUT2D eigenvalue weighted by atomic mass is 19.2. The number of halogens is 4. The lowest BCUT2D eigenvalue weighted by Crippen LogP contribution is -2.47. The van der Waals surface area contributed by atoms with Crippen molar-refractivity contribution in [3.63, 3.8) is 0 Å². The number of benzene rings is 3. The van der Waals surface area contributed by atoms with Crippen molar-refractivity contribution in [2.45, 2.75) is 19.4 Å². The Kier molecular flexibility index (Phi) is 7.25. The second kappa shape index (κ2) is 10.3. The lowest BCUT2D eigenvalue weighted by atomic mass is 9.89. The van der Waals surface area contributed by atoms with Crippen LogP contribution in [0.25, 0.3) is 10.9 Å². The largest absolute Gasteiger partial charge is 0.366 e. The van der Waals surface area contributed by atoms with E-state index in [1.807, 2.05) is 0 Å². The number of nitrogens with two attached hydrogens (primary N) is 2. The molecule has 2 amide bonds. The molecule has 39 heavy (non-hydrogen) atoms. The highest BCUT2D eigenvalue weighted by molar-refractivity contribution is 6.07. The van der Waals surface area contributed by atoms with Crippen molar-refractivity contribution in [2.75, 3.05) is 23.8 Å². The first-order chi connectivity index (χ1) is 18.4. The normalized spacial score (nSPS) is 12.7. The van der Waals surface area contributed by atoms with Crippen LogP contribution in [0.2, 0.25) is 0 Å². The van der Waals surface area contributed by atoms with Gasteiger partial charge in [-0.2, -0.15) is 0 Å². The van der Waals surface area contributed by atoms with Crippen molar-refractivity contribution >= 4 is 34.2 Å². The van der Waals surface area contributed by atoms with Crippen molar-refractivity contribution < 1.29 is 27.2 Å². The van der Waals surface area contributed by atoms with Gasteiger partial charge in [0.05, 0.1) is 16.6 Å². The molecular weight excluding hydrogens is 516 g/mol. The summed E-state index contributed by atoms with van der Waals surface area (Å²) in [6, 6.07) is 11.2. The van der Waals surface area contributed by atoms with Gasteiger partial charge in [-0.15, -0.1) is 0 Å². The average molecular weight is 541 g/mol. The van der Waals surface area contributed by atoms with Gasteiger partial charge in [0.15, 0.2) is 23.3 Å². The van der Waals surface area contributed by atoms with Crippen molar-refractivity contribution in [3.8, 4) is 0 Å². The molecule has 5 N–H and O–H groups in total. The number of hydrogen-bond donors (Lipinski definition) is 3. The minimum absolute atomic E-state index is 0.0412. The zero-order chi connectivity index (χ0) is 28.6. The minimum atomic E-state index is -1.79. The molecule has 0 aliphatic rings. The van der Waals surface area contributed by atoms with Crippen LogP contribution in [0.1, 0.15) is 38.8 Å². The summed E-state index contributed by atoms with van der Waals surface area (Å²) >= 11 is 0. The maximum absolute atomic E-state index is 14.4. The van der Waals surface area contributed by atoms with Gasteiger partial charge < -0.3 is 21.7 Å². The standard InChI is InChI=1S/C27H24F4N6O2/c1-13-19(28)21(30)18(22(31)20(13)29)26(39)36-15-7-4-6-14(10-15)27(2,11-32)37(3)25-17-9-5-8-16(24(33)38)23(17)34-12-35-25/h4-10,12H,11,32H2,1-3H3,(H2,33,38)(H,36,39). The van der Waals surface area contributed by atoms with E-state index in [0.717, 1.165) is 6.92 Å². The molecule has 0 saturated heterocycles. The highest BCUT2D eigenvalue weighted by Crippen LogP contribution is 2.35. The van der Waals surface area contributed by atoms with Crippen LogP contribution in [0, 0.1) is 30.2 Å². The molecule has 0 fully saturated rings. The Morgan fingerprint density at radius 3 is 2.26 bits per heavy atom. The molecule has 12 heteroatoms. The zero-order valence-electron chi connectivity index (χ0n) is 21.2. The Morgan fingerprint density at radius 2 is 1.64 bits per heavy atom. The maximum atomic E-state index is 14.4. The van der Waals surface area contributed by atoms with Crippen LogP contribution < -0.4 is 21.7 Å². The molecule has 3 aromatic carbocycles. The van der Waals surface area contributed by atoms with Gasteiger partial charge in [0.2, 0.25) is 0 Å². The highest BCUT2D eigenvalue weighted by Gasteiger charge is 2.33. The van der Waals surface area contributed by atoms with E-state index < -0.39 is 51.7 Å². The summed E-state index contributed by atoms with van der Waals surface area (Å²) in [5.74, 6) is -8.48. The molecule has 1 aromatic heterocycles. The summed E-state index contributed by atoms with van der Waals surface area (Å²) in [7, 11) is 1.72. The number of carbonyl (C=O) groups is 2. The molecule has 0 aliphatic carbocycles. The van der Waals surface area contributed by atoms with E-state index in [9.17, 15) is 27.2 Å². The smallest absolute Gasteiger partial charge is 0.261 e. The van der Waals surface area contributed by atoms with Crippen LogP contribution in [0.15, 0.2) is 48.8 Å². The number of fused-ring (bicyclic) bond motifs is 1. The molecule has 8 nitrogen and oxygen atoms in total. The minimum Gasteiger partial charge on any atom is -0.366 e.